The van der Waals surface area contributed by atoms with Crippen LogP contribution in [-0.2, 0) is 9.53 Å². The van der Waals surface area contributed by atoms with Crippen LogP contribution < -0.4 is 15.8 Å². The average molecular weight is 392 g/mol. The summed E-state index contributed by atoms with van der Waals surface area (Å²) in [5, 5.41) is 23.1. The number of aromatic nitrogens is 4. The average Bonchev–Trinajstić information content (AvgIpc) is 3.31. The number of nitrogen functional groups attached to an aromatic ring is 1. The van der Waals surface area contributed by atoms with Crippen molar-refractivity contribution < 1.29 is 24.5 Å². The molecule has 2 fully saturated rings. The highest BCUT2D eigenvalue weighted by molar-refractivity contribution is 5.91. The molecule has 2 aromatic rings. The normalized spacial score (nSPS) is 28.1. The summed E-state index contributed by atoms with van der Waals surface area (Å²) < 4.78 is 13.0. The Morgan fingerprint density at radius 3 is 2.57 bits per heavy atom. The summed E-state index contributed by atoms with van der Waals surface area (Å²) in [6.45, 7) is 2.97. The minimum absolute atomic E-state index is 0.0261. The Hall–Kier alpha value is -2.50. The highest BCUT2D eigenvalue weighted by atomic mass is 16.6. The van der Waals surface area contributed by atoms with Gasteiger partial charge in [-0.25, -0.2) is 4.98 Å². The van der Waals surface area contributed by atoms with E-state index >= 15 is 0 Å². The molecule has 4 rings (SSSR count). The first-order valence-electron chi connectivity index (χ1n) is 9.36. The summed E-state index contributed by atoms with van der Waals surface area (Å²) in [6, 6.07) is 0.105. The van der Waals surface area contributed by atoms with Gasteiger partial charge in [0, 0.05) is 6.92 Å². The molecule has 1 saturated carbocycles. The zero-order valence-corrected chi connectivity index (χ0v) is 15.7. The van der Waals surface area contributed by atoms with Crippen molar-refractivity contribution in [3.8, 4) is 6.01 Å². The number of amides is 1. The zero-order chi connectivity index (χ0) is 20.0. The van der Waals surface area contributed by atoms with E-state index in [4.69, 9.17) is 15.2 Å². The number of imidazole rings is 1. The molecule has 1 aliphatic carbocycles. The molecule has 1 saturated heterocycles. The Morgan fingerprint density at radius 2 is 1.96 bits per heavy atom. The number of rotatable bonds is 4. The van der Waals surface area contributed by atoms with Gasteiger partial charge in [-0.3, -0.25) is 14.7 Å². The number of ether oxygens (including phenoxy) is 2. The third-order valence-corrected chi connectivity index (χ3v) is 5.14. The van der Waals surface area contributed by atoms with Gasteiger partial charge in [0.1, 0.15) is 18.3 Å². The van der Waals surface area contributed by atoms with Gasteiger partial charge in [0.25, 0.3) is 0 Å². The monoisotopic (exact) mass is 392 g/mol. The predicted octanol–water partition coefficient (Wildman–Crippen LogP) is 0.327. The van der Waals surface area contributed by atoms with E-state index in [-0.39, 0.29) is 41.0 Å². The number of anilines is 2. The molecule has 152 valence electrons. The minimum Gasteiger partial charge on any atom is -0.460 e. The van der Waals surface area contributed by atoms with Gasteiger partial charge in [0.15, 0.2) is 23.2 Å². The SMILES string of the molecule is CC(=O)Nc1nc2c(N)nc(OC3CCCC3)nc2n1[C@@H]1O[C@H](C)[C@@H](O)[C@H]1O. The number of hydrogen-bond acceptors (Lipinski definition) is 9. The molecule has 5 N–H and O–H groups in total. The van der Waals surface area contributed by atoms with Crippen LogP contribution in [0.2, 0.25) is 0 Å². The van der Waals surface area contributed by atoms with Gasteiger partial charge >= 0.3 is 6.01 Å². The van der Waals surface area contributed by atoms with Gasteiger partial charge in [0.05, 0.1) is 6.10 Å². The fourth-order valence-electron chi connectivity index (χ4n) is 3.71. The van der Waals surface area contributed by atoms with Crippen LogP contribution >= 0.6 is 0 Å². The molecule has 0 unspecified atom stereocenters. The lowest BCUT2D eigenvalue weighted by Crippen LogP contribution is -2.31. The second-order valence-electron chi connectivity index (χ2n) is 7.29. The molecule has 0 bridgehead atoms. The van der Waals surface area contributed by atoms with E-state index in [0.717, 1.165) is 25.7 Å². The second-order valence-corrected chi connectivity index (χ2v) is 7.29. The molecule has 0 radical (unpaired) electrons. The molecular formula is C17H24N6O5. The van der Waals surface area contributed by atoms with E-state index in [9.17, 15) is 15.0 Å². The first kappa shape index (κ1) is 18.8. The van der Waals surface area contributed by atoms with Crippen molar-refractivity contribution in [3.05, 3.63) is 0 Å². The Kier molecular flexibility index (Phi) is 4.81. The van der Waals surface area contributed by atoms with Crippen LogP contribution in [-0.4, -0.2) is 60.1 Å². The fraction of sp³-hybridized carbons (Fsp3) is 0.647. The first-order valence-corrected chi connectivity index (χ1v) is 9.36. The van der Waals surface area contributed by atoms with E-state index in [2.05, 4.69) is 20.3 Å². The quantitative estimate of drug-likeness (QED) is 0.575. The largest absolute Gasteiger partial charge is 0.460 e. The van der Waals surface area contributed by atoms with E-state index in [0.29, 0.717) is 0 Å². The molecule has 11 nitrogen and oxygen atoms in total. The molecule has 1 amide bonds. The van der Waals surface area contributed by atoms with Crippen LogP contribution in [0.25, 0.3) is 11.2 Å². The van der Waals surface area contributed by atoms with Crippen LogP contribution in [0.1, 0.15) is 45.8 Å². The van der Waals surface area contributed by atoms with Gasteiger partial charge in [-0.15, -0.1) is 0 Å². The summed E-state index contributed by atoms with van der Waals surface area (Å²) in [6.07, 6.45) is 0.0871. The Morgan fingerprint density at radius 1 is 1.25 bits per heavy atom. The lowest BCUT2D eigenvalue weighted by atomic mass is 10.1. The molecular weight excluding hydrogens is 368 g/mol. The number of nitrogens with one attached hydrogen (secondary N) is 1. The van der Waals surface area contributed by atoms with E-state index < -0.39 is 24.5 Å². The maximum absolute atomic E-state index is 11.6. The van der Waals surface area contributed by atoms with Crippen molar-refractivity contribution in [2.75, 3.05) is 11.1 Å². The number of fused-ring (bicyclic) bond motifs is 1. The Labute approximate surface area is 160 Å². The zero-order valence-electron chi connectivity index (χ0n) is 15.7. The van der Waals surface area contributed by atoms with Crippen molar-refractivity contribution in [1.29, 1.82) is 0 Å². The summed E-state index contributed by atoms with van der Waals surface area (Å²) in [5.41, 5.74) is 6.55. The molecule has 0 aromatic carbocycles. The molecule has 28 heavy (non-hydrogen) atoms. The molecule has 11 heteroatoms. The molecule has 2 aliphatic rings. The van der Waals surface area contributed by atoms with Gasteiger partial charge in [-0.1, -0.05) is 0 Å². The summed E-state index contributed by atoms with van der Waals surface area (Å²) in [4.78, 5) is 24.5. The summed E-state index contributed by atoms with van der Waals surface area (Å²) in [7, 11) is 0. The van der Waals surface area contributed by atoms with Gasteiger partial charge < -0.3 is 25.4 Å². The molecule has 3 heterocycles. The molecule has 1 aliphatic heterocycles. The third kappa shape index (κ3) is 3.25. The van der Waals surface area contributed by atoms with Crippen LogP contribution in [0.3, 0.4) is 0 Å². The van der Waals surface area contributed by atoms with Crippen molar-refractivity contribution in [2.45, 2.75) is 70.2 Å². The van der Waals surface area contributed by atoms with Gasteiger partial charge in [0.2, 0.25) is 11.9 Å². The van der Waals surface area contributed by atoms with Crippen molar-refractivity contribution in [2.24, 2.45) is 0 Å². The van der Waals surface area contributed by atoms with Crippen LogP contribution in [0.15, 0.2) is 0 Å². The highest BCUT2D eigenvalue weighted by Gasteiger charge is 2.43. The maximum atomic E-state index is 11.6. The number of hydrogen-bond donors (Lipinski definition) is 4. The first-order chi connectivity index (χ1) is 13.3. The standard InChI is InChI=1S/C17H24N6O5/c1-7-11(25)12(26)15(27-7)23-14-10(20-16(23)19-8(2)24)13(18)21-17(22-14)28-9-5-3-4-6-9/h7,9,11-12,15,25-26H,3-6H2,1-2H3,(H2,18,21,22)(H,19,20,24)/t7-,11-,12-,15-/m1/s1. The lowest BCUT2D eigenvalue weighted by molar-refractivity contribution is -0.114. The Bertz CT molecular complexity index is 896. The smallest absolute Gasteiger partial charge is 0.320 e. The van der Waals surface area contributed by atoms with Crippen molar-refractivity contribution in [1.82, 2.24) is 19.5 Å². The van der Waals surface area contributed by atoms with Crippen LogP contribution in [0.5, 0.6) is 6.01 Å². The number of nitrogens with zero attached hydrogens (tertiary/aromatic N) is 4. The number of carbonyl (C=O) groups is 1. The van der Waals surface area contributed by atoms with E-state index in [1.54, 1.807) is 6.92 Å². The number of aliphatic hydroxyl groups excluding tert-OH is 2. The Balaban J connectivity index is 1.81. The fourth-order valence-corrected chi connectivity index (χ4v) is 3.71. The second kappa shape index (κ2) is 7.15. The van der Waals surface area contributed by atoms with Crippen molar-refractivity contribution in [3.63, 3.8) is 0 Å². The minimum atomic E-state index is -1.24. The predicted molar refractivity (Wildman–Crippen MR) is 98.5 cm³/mol. The van der Waals surface area contributed by atoms with Gasteiger partial charge in [-0.05, 0) is 32.6 Å². The maximum Gasteiger partial charge on any atom is 0.320 e. The topological polar surface area (TPSA) is 158 Å². The van der Waals surface area contributed by atoms with E-state index in [1.807, 2.05) is 0 Å². The van der Waals surface area contributed by atoms with Crippen LogP contribution in [0, 0.1) is 0 Å². The highest BCUT2D eigenvalue weighted by Crippen LogP contribution is 2.36. The molecule has 0 spiro atoms. The molecule has 4 atom stereocenters. The summed E-state index contributed by atoms with van der Waals surface area (Å²) >= 11 is 0. The lowest BCUT2D eigenvalue weighted by Gasteiger charge is -2.19. The van der Waals surface area contributed by atoms with Crippen LogP contribution in [0.4, 0.5) is 11.8 Å². The number of carbonyl (C=O) groups excluding carboxylic acids is 1. The van der Waals surface area contributed by atoms with Gasteiger partial charge in [-0.2, -0.15) is 9.97 Å². The molecule has 2 aromatic heterocycles. The number of nitrogens with two attached hydrogens (primary N) is 1. The van der Waals surface area contributed by atoms with E-state index in [1.165, 1.54) is 11.5 Å². The summed E-state index contributed by atoms with van der Waals surface area (Å²) in [5.74, 6) is -0.192. The third-order valence-electron chi connectivity index (χ3n) is 5.14. The van der Waals surface area contributed by atoms with Crippen molar-refractivity contribution >= 4 is 28.8 Å². The number of aliphatic hydroxyl groups is 2.